The molecule has 178 valence electrons. The molecule has 2 aliphatic rings. The van der Waals surface area contributed by atoms with Gasteiger partial charge in [0.2, 0.25) is 0 Å². The number of fused-ring (bicyclic) bond motifs is 2. The molecule has 0 aliphatic carbocycles. The van der Waals surface area contributed by atoms with Crippen LogP contribution in [0.1, 0.15) is 52.1 Å². The van der Waals surface area contributed by atoms with Crippen molar-refractivity contribution in [3.8, 4) is 5.75 Å². The van der Waals surface area contributed by atoms with E-state index in [0.29, 0.717) is 55.3 Å². The van der Waals surface area contributed by atoms with Crippen LogP contribution in [0.15, 0.2) is 24.3 Å². The smallest absolute Gasteiger partial charge is 0.456 e. The van der Waals surface area contributed by atoms with E-state index < -0.39 is 17.5 Å². The van der Waals surface area contributed by atoms with Gasteiger partial charge >= 0.3 is 6.18 Å². The van der Waals surface area contributed by atoms with Crippen LogP contribution in [-0.4, -0.2) is 70.5 Å². The summed E-state index contributed by atoms with van der Waals surface area (Å²) in [5.41, 5.74) is 0.768. The Morgan fingerprint density at radius 1 is 1.15 bits per heavy atom. The lowest BCUT2D eigenvalue weighted by atomic mass is 9.80. The first kappa shape index (κ1) is 23.3. The number of aryl methyl sites for hydroxylation is 1. The molecular formula is C23H27F3N4O3. The largest absolute Gasteiger partial charge is 0.495 e. The monoisotopic (exact) mass is 464 g/mol. The van der Waals surface area contributed by atoms with Gasteiger partial charge in [-0.3, -0.25) is 14.5 Å². The Hall–Kier alpha value is -2.88. The Labute approximate surface area is 190 Å². The quantitative estimate of drug-likeness (QED) is 0.652. The number of ether oxygens (including phenoxy) is 1. The summed E-state index contributed by atoms with van der Waals surface area (Å²) in [4.78, 5) is 33.3. The van der Waals surface area contributed by atoms with E-state index in [1.807, 2.05) is 14.0 Å². The molecule has 1 spiro atoms. The van der Waals surface area contributed by atoms with Crippen molar-refractivity contribution in [1.82, 2.24) is 19.4 Å². The summed E-state index contributed by atoms with van der Waals surface area (Å²) in [5, 5.41) is 0. The Balaban J connectivity index is 1.60. The molecule has 1 saturated heterocycles. The van der Waals surface area contributed by atoms with Gasteiger partial charge < -0.3 is 14.2 Å². The number of Topliss-reactive ketones (excluding diaryl/α,β-unsaturated/α-hetero) is 1. The zero-order valence-corrected chi connectivity index (χ0v) is 19.1. The summed E-state index contributed by atoms with van der Waals surface area (Å²) < 4.78 is 46.1. The number of halogens is 3. The second kappa shape index (κ2) is 8.16. The van der Waals surface area contributed by atoms with Gasteiger partial charge in [-0.05, 0) is 58.0 Å². The predicted molar refractivity (Wildman–Crippen MR) is 114 cm³/mol. The normalized spacial score (nSPS) is 20.6. The SMILES string of the molecule is COc1ccc(C(=O)N2CCC3(CC2)c2ccc(C(=O)C(F)(F)F)n2C[C@H](C)N3C)nc1C. The predicted octanol–water partition coefficient (Wildman–Crippen LogP) is 3.41. The van der Waals surface area contributed by atoms with Crippen molar-refractivity contribution in [2.45, 2.75) is 51.0 Å². The number of carbonyl (C=O) groups excluding carboxylic acids is 2. The summed E-state index contributed by atoms with van der Waals surface area (Å²) in [6, 6.07) is 6.18. The molecule has 7 nitrogen and oxygen atoms in total. The van der Waals surface area contributed by atoms with E-state index in [0.717, 1.165) is 0 Å². The second-order valence-corrected chi connectivity index (χ2v) is 8.81. The molecule has 10 heteroatoms. The van der Waals surface area contributed by atoms with E-state index in [2.05, 4.69) is 9.88 Å². The van der Waals surface area contributed by atoms with Crippen molar-refractivity contribution < 1.29 is 27.5 Å². The van der Waals surface area contributed by atoms with Crippen LogP contribution in [0, 0.1) is 6.92 Å². The molecule has 2 aliphatic heterocycles. The Bertz CT molecular complexity index is 1090. The molecule has 0 radical (unpaired) electrons. The molecule has 0 saturated carbocycles. The number of pyridine rings is 1. The van der Waals surface area contributed by atoms with Gasteiger partial charge in [-0.15, -0.1) is 0 Å². The fraction of sp³-hybridized carbons (Fsp3) is 0.522. The van der Waals surface area contributed by atoms with Crippen LogP contribution in [0.5, 0.6) is 5.75 Å². The number of carbonyl (C=O) groups is 2. The van der Waals surface area contributed by atoms with Crippen LogP contribution in [0.2, 0.25) is 0 Å². The van der Waals surface area contributed by atoms with Crippen LogP contribution in [0.3, 0.4) is 0 Å². The summed E-state index contributed by atoms with van der Waals surface area (Å²) in [5.74, 6) is -1.41. The van der Waals surface area contributed by atoms with Crippen LogP contribution < -0.4 is 4.74 Å². The highest BCUT2D eigenvalue weighted by atomic mass is 19.4. The van der Waals surface area contributed by atoms with E-state index in [4.69, 9.17) is 4.74 Å². The minimum atomic E-state index is -4.92. The lowest BCUT2D eigenvalue weighted by molar-refractivity contribution is -0.0894. The first-order chi connectivity index (χ1) is 15.5. The molecule has 4 heterocycles. The molecule has 0 aromatic carbocycles. The van der Waals surface area contributed by atoms with E-state index >= 15 is 0 Å². The van der Waals surface area contributed by atoms with Crippen molar-refractivity contribution in [2.75, 3.05) is 27.2 Å². The lowest BCUT2D eigenvalue weighted by Gasteiger charge is -2.53. The molecule has 0 unspecified atom stereocenters. The van der Waals surface area contributed by atoms with Crippen molar-refractivity contribution in [3.63, 3.8) is 0 Å². The first-order valence-corrected chi connectivity index (χ1v) is 10.8. The number of alkyl halides is 3. The Kier molecular flexibility index (Phi) is 5.76. The summed E-state index contributed by atoms with van der Waals surface area (Å²) >= 11 is 0. The lowest BCUT2D eigenvalue weighted by Crippen LogP contribution is -2.59. The third-order valence-electron chi connectivity index (χ3n) is 7.08. The first-order valence-electron chi connectivity index (χ1n) is 10.8. The number of aromatic nitrogens is 2. The average molecular weight is 464 g/mol. The molecule has 1 fully saturated rings. The number of nitrogens with zero attached hydrogens (tertiary/aromatic N) is 4. The zero-order chi connectivity index (χ0) is 24.1. The van der Waals surface area contributed by atoms with Gasteiger partial charge in [0.15, 0.2) is 0 Å². The number of hydrogen-bond acceptors (Lipinski definition) is 5. The molecule has 0 bridgehead atoms. The topological polar surface area (TPSA) is 67.7 Å². The van der Waals surface area contributed by atoms with Crippen molar-refractivity contribution in [2.24, 2.45) is 0 Å². The Morgan fingerprint density at radius 3 is 2.39 bits per heavy atom. The summed E-state index contributed by atoms with van der Waals surface area (Å²) in [6.07, 6.45) is -3.84. The maximum absolute atomic E-state index is 13.1. The minimum absolute atomic E-state index is 0.0714. The summed E-state index contributed by atoms with van der Waals surface area (Å²) in [6.45, 7) is 4.86. The van der Waals surface area contributed by atoms with Gasteiger partial charge in [0.1, 0.15) is 11.4 Å². The molecule has 0 N–H and O–H groups in total. The van der Waals surface area contributed by atoms with Crippen molar-refractivity contribution in [3.05, 3.63) is 47.0 Å². The van der Waals surface area contributed by atoms with E-state index in [1.165, 1.54) is 10.6 Å². The number of likely N-dealkylation sites (tertiary alicyclic amines) is 1. The molecule has 33 heavy (non-hydrogen) atoms. The number of ketones is 1. The average Bonchev–Trinajstić information content (AvgIpc) is 3.20. The molecular weight excluding hydrogens is 437 g/mol. The number of amides is 1. The zero-order valence-electron chi connectivity index (χ0n) is 19.1. The van der Waals surface area contributed by atoms with Gasteiger partial charge in [-0.25, -0.2) is 4.98 Å². The van der Waals surface area contributed by atoms with Crippen molar-refractivity contribution >= 4 is 11.7 Å². The molecule has 4 rings (SSSR count). The highest BCUT2D eigenvalue weighted by Crippen LogP contribution is 2.44. The summed E-state index contributed by atoms with van der Waals surface area (Å²) in [7, 11) is 3.50. The van der Waals surface area contributed by atoms with Gasteiger partial charge in [-0.2, -0.15) is 13.2 Å². The number of piperidine rings is 1. The second-order valence-electron chi connectivity index (χ2n) is 8.81. The fourth-order valence-electron chi connectivity index (χ4n) is 5.14. The van der Waals surface area contributed by atoms with E-state index in [-0.39, 0.29) is 17.6 Å². The van der Waals surface area contributed by atoms with Crippen molar-refractivity contribution in [1.29, 1.82) is 0 Å². The maximum Gasteiger partial charge on any atom is 0.456 e. The van der Waals surface area contributed by atoms with E-state index in [1.54, 1.807) is 37.1 Å². The van der Waals surface area contributed by atoms with E-state index in [9.17, 15) is 22.8 Å². The highest BCUT2D eigenvalue weighted by Gasteiger charge is 2.49. The Morgan fingerprint density at radius 2 is 1.82 bits per heavy atom. The number of rotatable bonds is 3. The van der Waals surface area contributed by atoms with Crippen LogP contribution in [0.4, 0.5) is 13.2 Å². The number of methoxy groups -OCH3 is 1. The van der Waals surface area contributed by atoms with Crippen LogP contribution >= 0.6 is 0 Å². The van der Waals surface area contributed by atoms with Gasteiger partial charge in [0.05, 0.1) is 24.0 Å². The molecule has 2 aromatic heterocycles. The highest BCUT2D eigenvalue weighted by molar-refractivity contribution is 5.99. The van der Waals surface area contributed by atoms with Gasteiger partial charge in [0, 0.05) is 31.4 Å². The van der Waals surface area contributed by atoms with Crippen LogP contribution in [-0.2, 0) is 12.1 Å². The maximum atomic E-state index is 13.1. The molecule has 2 aromatic rings. The third-order valence-corrected chi connectivity index (χ3v) is 7.08. The van der Waals surface area contributed by atoms with Gasteiger partial charge in [-0.1, -0.05) is 0 Å². The number of likely N-dealkylation sites (N-methyl/N-ethyl adjacent to an activating group) is 1. The van der Waals surface area contributed by atoms with Gasteiger partial charge in [0.25, 0.3) is 11.7 Å². The standard InChI is InChI=1S/C23H27F3N4O3/c1-14-13-30-17(20(31)23(24,25)26)6-8-19(30)22(28(14)3)9-11-29(12-10-22)21(32)16-5-7-18(33-4)15(2)27-16/h5-8,14H,9-13H2,1-4H3/t14-/m0/s1. The number of hydrogen-bond donors (Lipinski definition) is 0. The molecule has 1 amide bonds. The fourth-order valence-corrected chi connectivity index (χ4v) is 5.14. The minimum Gasteiger partial charge on any atom is -0.495 e. The van der Waals surface area contributed by atoms with Crippen LogP contribution in [0.25, 0.3) is 0 Å². The third kappa shape index (κ3) is 3.80. The molecule has 1 atom stereocenters.